The van der Waals surface area contributed by atoms with E-state index in [9.17, 15) is 19.2 Å². The van der Waals surface area contributed by atoms with Crippen molar-refractivity contribution >= 4 is 17.6 Å². The molecule has 0 bridgehead atoms. The van der Waals surface area contributed by atoms with Crippen molar-refractivity contribution < 1.29 is 23.9 Å². The lowest BCUT2D eigenvalue weighted by Crippen LogP contribution is -2.54. The third-order valence-corrected chi connectivity index (χ3v) is 6.57. The molecule has 2 aliphatic rings. The SMILES string of the molecule is COc1ccc(CC(NC(=O)c2cccc(=O)[nH]2)C(=O)NC(CC2=CCCC2)C(=O)C2(C)CO2)cc1. The van der Waals surface area contributed by atoms with E-state index in [1.807, 2.05) is 0 Å². The first-order chi connectivity index (χ1) is 17.3. The number of hydrogen-bond donors (Lipinski definition) is 3. The first kappa shape index (κ1) is 25.4. The highest BCUT2D eigenvalue weighted by Gasteiger charge is 2.50. The number of aromatic amines is 1. The van der Waals surface area contributed by atoms with Crippen LogP contribution < -0.4 is 20.9 Å². The number of aromatic nitrogens is 1. The van der Waals surface area contributed by atoms with Crippen LogP contribution >= 0.6 is 0 Å². The Kier molecular flexibility index (Phi) is 7.69. The van der Waals surface area contributed by atoms with Crippen LogP contribution in [-0.4, -0.2) is 54.0 Å². The number of ketones is 1. The van der Waals surface area contributed by atoms with Gasteiger partial charge >= 0.3 is 0 Å². The van der Waals surface area contributed by atoms with Crippen LogP contribution in [0.4, 0.5) is 0 Å². The van der Waals surface area contributed by atoms with Crippen molar-refractivity contribution in [2.24, 2.45) is 0 Å². The molecule has 2 amide bonds. The lowest BCUT2D eigenvalue weighted by molar-refractivity contribution is -0.131. The van der Waals surface area contributed by atoms with Crippen LogP contribution in [0, 0.1) is 0 Å². The Morgan fingerprint density at radius 2 is 1.83 bits per heavy atom. The minimum Gasteiger partial charge on any atom is -0.497 e. The number of rotatable bonds is 11. The van der Waals surface area contributed by atoms with Gasteiger partial charge in [-0.1, -0.05) is 29.8 Å². The van der Waals surface area contributed by atoms with Crippen molar-refractivity contribution in [1.29, 1.82) is 0 Å². The number of amides is 2. The summed E-state index contributed by atoms with van der Waals surface area (Å²) < 4.78 is 10.6. The van der Waals surface area contributed by atoms with Crippen molar-refractivity contribution in [2.45, 2.75) is 56.7 Å². The largest absolute Gasteiger partial charge is 0.497 e. The zero-order valence-corrected chi connectivity index (χ0v) is 20.5. The van der Waals surface area contributed by atoms with Gasteiger partial charge in [0.2, 0.25) is 11.5 Å². The molecule has 1 aromatic carbocycles. The summed E-state index contributed by atoms with van der Waals surface area (Å²) in [6, 6.07) is 9.62. The maximum atomic E-state index is 13.5. The molecule has 2 aromatic rings. The monoisotopic (exact) mass is 493 g/mol. The molecule has 36 heavy (non-hydrogen) atoms. The van der Waals surface area contributed by atoms with Gasteiger partial charge in [-0.05, 0) is 56.4 Å². The van der Waals surface area contributed by atoms with Crippen molar-refractivity contribution in [2.75, 3.05) is 13.7 Å². The standard InChI is InChI=1S/C27H31N3O6/c1-27(16-36-27)24(32)21(14-17-6-3-4-7-17)29-26(34)22(15-18-10-12-19(35-2)13-11-18)30-25(33)20-8-5-9-23(31)28-20/h5-6,8-13,21-22H,3-4,7,14-16H2,1-2H3,(H,28,31)(H,29,34)(H,30,33). The average molecular weight is 494 g/mol. The summed E-state index contributed by atoms with van der Waals surface area (Å²) in [5, 5.41) is 5.60. The van der Waals surface area contributed by atoms with Gasteiger partial charge in [0.15, 0.2) is 5.78 Å². The average Bonchev–Trinajstić information content (AvgIpc) is 3.41. The van der Waals surface area contributed by atoms with Gasteiger partial charge < -0.3 is 25.1 Å². The van der Waals surface area contributed by atoms with Gasteiger partial charge in [0.25, 0.3) is 5.91 Å². The maximum Gasteiger partial charge on any atom is 0.268 e. The fourth-order valence-corrected chi connectivity index (χ4v) is 4.31. The molecule has 0 radical (unpaired) electrons. The van der Waals surface area contributed by atoms with E-state index in [1.165, 1.54) is 18.2 Å². The van der Waals surface area contributed by atoms with Crippen LogP contribution in [-0.2, 0) is 20.7 Å². The number of hydrogen-bond acceptors (Lipinski definition) is 6. The second-order valence-electron chi connectivity index (χ2n) is 9.41. The summed E-state index contributed by atoms with van der Waals surface area (Å²) in [6.45, 7) is 2.05. The van der Waals surface area contributed by atoms with Gasteiger partial charge in [-0.2, -0.15) is 0 Å². The normalized spacial score (nSPS) is 20.1. The van der Waals surface area contributed by atoms with Gasteiger partial charge in [-0.25, -0.2) is 0 Å². The summed E-state index contributed by atoms with van der Waals surface area (Å²) >= 11 is 0. The van der Waals surface area contributed by atoms with Gasteiger partial charge in [0.05, 0.1) is 19.8 Å². The summed E-state index contributed by atoms with van der Waals surface area (Å²) in [7, 11) is 1.56. The second-order valence-corrected chi connectivity index (χ2v) is 9.41. The Morgan fingerprint density at radius 3 is 2.44 bits per heavy atom. The van der Waals surface area contributed by atoms with Crippen molar-refractivity contribution in [3.05, 3.63) is 75.7 Å². The van der Waals surface area contributed by atoms with E-state index in [0.29, 0.717) is 18.8 Å². The van der Waals surface area contributed by atoms with Crippen molar-refractivity contribution in [3.8, 4) is 5.75 Å². The van der Waals surface area contributed by atoms with Gasteiger partial charge in [-0.3, -0.25) is 19.2 Å². The lowest BCUT2D eigenvalue weighted by Gasteiger charge is -2.24. The first-order valence-electron chi connectivity index (χ1n) is 12.1. The molecule has 4 rings (SSSR count). The highest BCUT2D eigenvalue weighted by molar-refractivity contribution is 5.99. The number of Topliss-reactive ketones (excluding diaryl/α,β-unsaturated/α-hetero) is 1. The van der Waals surface area contributed by atoms with E-state index in [2.05, 4.69) is 21.7 Å². The summed E-state index contributed by atoms with van der Waals surface area (Å²) in [5.41, 5.74) is 0.645. The van der Waals surface area contributed by atoms with Crippen LogP contribution in [0.5, 0.6) is 5.75 Å². The predicted molar refractivity (Wildman–Crippen MR) is 133 cm³/mol. The number of pyridine rings is 1. The highest BCUT2D eigenvalue weighted by Crippen LogP contribution is 2.31. The molecule has 0 spiro atoms. The van der Waals surface area contributed by atoms with Crippen molar-refractivity contribution in [3.63, 3.8) is 0 Å². The Balaban J connectivity index is 1.55. The Bertz CT molecular complexity index is 1210. The number of epoxide rings is 1. The fourth-order valence-electron chi connectivity index (χ4n) is 4.31. The molecular formula is C27H31N3O6. The molecule has 1 fully saturated rings. The first-order valence-corrected chi connectivity index (χ1v) is 12.1. The van der Waals surface area contributed by atoms with Crippen LogP contribution in [0.2, 0.25) is 0 Å². The lowest BCUT2D eigenvalue weighted by atomic mass is 9.94. The molecule has 3 unspecified atom stereocenters. The number of carbonyl (C=O) groups excluding carboxylic acids is 3. The van der Waals surface area contributed by atoms with Gasteiger partial charge in [0, 0.05) is 12.5 Å². The van der Waals surface area contributed by atoms with Crippen LogP contribution in [0.1, 0.15) is 48.7 Å². The molecule has 190 valence electrons. The molecule has 2 heterocycles. The van der Waals surface area contributed by atoms with E-state index < -0.39 is 35.1 Å². The molecule has 9 heteroatoms. The Hall–Kier alpha value is -3.72. The van der Waals surface area contributed by atoms with E-state index >= 15 is 0 Å². The van der Waals surface area contributed by atoms with Crippen LogP contribution in [0.15, 0.2) is 58.9 Å². The molecule has 1 aliphatic heterocycles. The topological polar surface area (TPSA) is 130 Å². The zero-order chi connectivity index (χ0) is 25.7. The number of methoxy groups -OCH3 is 1. The van der Waals surface area contributed by atoms with Crippen molar-refractivity contribution in [1.82, 2.24) is 15.6 Å². The minimum atomic E-state index is -0.990. The Labute approximate surface area is 209 Å². The van der Waals surface area contributed by atoms with E-state index in [-0.39, 0.29) is 17.9 Å². The molecule has 9 nitrogen and oxygen atoms in total. The quantitative estimate of drug-likeness (QED) is 0.325. The Morgan fingerprint density at radius 1 is 1.08 bits per heavy atom. The third kappa shape index (κ3) is 6.28. The van der Waals surface area contributed by atoms with E-state index in [0.717, 1.165) is 30.4 Å². The maximum absolute atomic E-state index is 13.5. The summed E-state index contributed by atoms with van der Waals surface area (Å²) in [4.78, 5) is 53.7. The molecule has 0 saturated carbocycles. The molecule has 1 aromatic heterocycles. The number of benzene rings is 1. The fraction of sp³-hybridized carbons (Fsp3) is 0.407. The zero-order valence-electron chi connectivity index (χ0n) is 20.5. The number of nitrogens with one attached hydrogen (secondary N) is 3. The van der Waals surface area contributed by atoms with E-state index in [1.54, 1.807) is 38.3 Å². The molecule has 3 N–H and O–H groups in total. The number of allylic oxidation sites excluding steroid dienone is 1. The smallest absolute Gasteiger partial charge is 0.268 e. The number of H-pyrrole nitrogens is 1. The van der Waals surface area contributed by atoms with Crippen LogP contribution in [0.3, 0.4) is 0 Å². The number of carbonyl (C=O) groups is 3. The number of ether oxygens (including phenoxy) is 2. The second kappa shape index (κ2) is 10.9. The summed E-state index contributed by atoms with van der Waals surface area (Å²) in [5.74, 6) is -0.594. The van der Waals surface area contributed by atoms with Crippen LogP contribution in [0.25, 0.3) is 0 Å². The molecular weight excluding hydrogens is 462 g/mol. The van der Waals surface area contributed by atoms with E-state index in [4.69, 9.17) is 9.47 Å². The molecule has 1 aliphatic carbocycles. The highest BCUT2D eigenvalue weighted by atomic mass is 16.6. The third-order valence-electron chi connectivity index (χ3n) is 6.57. The predicted octanol–water partition coefficient (Wildman–Crippen LogP) is 2.07. The van der Waals surface area contributed by atoms with Gasteiger partial charge in [-0.15, -0.1) is 0 Å². The summed E-state index contributed by atoms with van der Waals surface area (Å²) in [6.07, 6.45) is 5.59. The van der Waals surface area contributed by atoms with Gasteiger partial charge in [0.1, 0.15) is 23.1 Å². The molecule has 1 saturated heterocycles. The minimum absolute atomic E-state index is 0.0395. The molecule has 3 atom stereocenters.